The first kappa shape index (κ1) is 12.4. The van der Waals surface area contributed by atoms with Gasteiger partial charge in [-0.15, -0.1) is 0 Å². The zero-order chi connectivity index (χ0) is 12.5. The number of benzene rings is 1. The van der Waals surface area contributed by atoms with Crippen LogP contribution in [0.4, 0.5) is 5.69 Å². The van der Waals surface area contributed by atoms with Crippen LogP contribution in [0, 0.1) is 5.92 Å². The summed E-state index contributed by atoms with van der Waals surface area (Å²) in [6, 6.07) is 7.64. The lowest BCUT2D eigenvalue weighted by atomic mass is 9.96. The summed E-state index contributed by atoms with van der Waals surface area (Å²) in [5, 5.41) is 12.6. The van der Waals surface area contributed by atoms with Crippen molar-refractivity contribution < 1.29 is 9.90 Å². The summed E-state index contributed by atoms with van der Waals surface area (Å²) in [4.78, 5) is 11.5. The maximum absolute atomic E-state index is 11.5. The smallest absolute Gasteiger partial charge is 0.329 e. The number of carboxylic acid groups (broad SMARTS) is 1. The van der Waals surface area contributed by atoms with Gasteiger partial charge in [0.2, 0.25) is 0 Å². The fourth-order valence-corrected chi connectivity index (χ4v) is 2.89. The van der Waals surface area contributed by atoms with Crippen molar-refractivity contribution in [2.45, 2.75) is 31.7 Å². The molecule has 0 saturated heterocycles. The first-order chi connectivity index (χ1) is 8.02. The minimum absolute atomic E-state index is 0.464. The van der Waals surface area contributed by atoms with Crippen LogP contribution in [0.5, 0.6) is 0 Å². The molecule has 1 aliphatic rings. The SMILES string of the molecule is CC1CCC(Nc2cccc(Br)c2)(C(=O)O)C1. The number of aliphatic carboxylic acids is 1. The number of carbonyl (C=O) groups is 1. The molecule has 3 nitrogen and oxygen atoms in total. The Morgan fingerprint density at radius 3 is 2.88 bits per heavy atom. The van der Waals surface area contributed by atoms with Crippen LogP contribution in [0.3, 0.4) is 0 Å². The van der Waals surface area contributed by atoms with Gasteiger partial charge in [0.05, 0.1) is 0 Å². The van der Waals surface area contributed by atoms with Gasteiger partial charge in [-0.25, -0.2) is 4.79 Å². The van der Waals surface area contributed by atoms with Gasteiger partial charge in [-0.2, -0.15) is 0 Å². The quantitative estimate of drug-likeness (QED) is 0.898. The van der Waals surface area contributed by atoms with Crippen molar-refractivity contribution in [1.82, 2.24) is 0 Å². The third-order valence-electron chi connectivity index (χ3n) is 3.38. The van der Waals surface area contributed by atoms with Crippen molar-refractivity contribution in [3.05, 3.63) is 28.7 Å². The molecule has 92 valence electrons. The summed E-state index contributed by atoms with van der Waals surface area (Å²) in [6.07, 6.45) is 2.35. The van der Waals surface area contributed by atoms with Gasteiger partial charge in [0.25, 0.3) is 0 Å². The van der Waals surface area contributed by atoms with Gasteiger partial charge in [-0.1, -0.05) is 28.9 Å². The zero-order valence-corrected chi connectivity index (χ0v) is 11.3. The van der Waals surface area contributed by atoms with E-state index in [1.807, 2.05) is 24.3 Å². The van der Waals surface area contributed by atoms with Gasteiger partial charge in [0.15, 0.2) is 0 Å². The molecule has 0 radical (unpaired) electrons. The van der Waals surface area contributed by atoms with Crippen molar-refractivity contribution in [3.8, 4) is 0 Å². The van der Waals surface area contributed by atoms with Crippen LogP contribution in [0.15, 0.2) is 28.7 Å². The second-order valence-corrected chi connectivity index (χ2v) is 5.79. The molecule has 17 heavy (non-hydrogen) atoms. The molecule has 1 saturated carbocycles. The molecular weight excluding hydrogens is 282 g/mol. The minimum atomic E-state index is -0.791. The maximum Gasteiger partial charge on any atom is 0.329 e. The number of hydrogen-bond donors (Lipinski definition) is 2. The van der Waals surface area contributed by atoms with Crippen LogP contribution in [-0.4, -0.2) is 16.6 Å². The second kappa shape index (κ2) is 4.69. The highest BCUT2D eigenvalue weighted by molar-refractivity contribution is 9.10. The van der Waals surface area contributed by atoms with Crippen LogP contribution in [0.25, 0.3) is 0 Å². The van der Waals surface area contributed by atoms with Gasteiger partial charge in [-0.3, -0.25) is 0 Å². The van der Waals surface area contributed by atoms with Crippen LogP contribution in [0.1, 0.15) is 26.2 Å². The molecule has 1 aromatic carbocycles. The van der Waals surface area contributed by atoms with Crippen LogP contribution >= 0.6 is 15.9 Å². The molecule has 0 amide bonds. The maximum atomic E-state index is 11.5. The van der Waals surface area contributed by atoms with E-state index in [4.69, 9.17) is 0 Å². The Bertz CT molecular complexity index is 435. The molecular formula is C13H16BrNO2. The highest BCUT2D eigenvalue weighted by atomic mass is 79.9. The van der Waals surface area contributed by atoms with Gasteiger partial charge in [0.1, 0.15) is 5.54 Å². The van der Waals surface area contributed by atoms with Crippen LogP contribution in [0.2, 0.25) is 0 Å². The number of hydrogen-bond acceptors (Lipinski definition) is 2. The number of halogens is 1. The van der Waals surface area contributed by atoms with E-state index in [0.29, 0.717) is 18.8 Å². The number of nitrogens with one attached hydrogen (secondary N) is 1. The Morgan fingerprint density at radius 2 is 2.35 bits per heavy atom. The molecule has 0 spiro atoms. The summed E-state index contributed by atoms with van der Waals surface area (Å²) in [5.74, 6) is -0.285. The van der Waals surface area contributed by atoms with Gasteiger partial charge in [-0.05, 0) is 43.4 Å². The molecule has 0 aromatic heterocycles. The minimum Gasteiger partial charge on any atom is -0.480 e. The molecule has 2 atom stereocenters. The highest BCUT2D eigenvalue weighted by Crippen LogP contribution is 2.37. The molecule has 2 N–H and O–H groups in total. The van der Waals surface area contributed by atoms with Gasteiger partial charge in [0, 0.05) is 10.2 Å². The van der Waals surface area contributed by atoms with Crippen molar-refractivity contribution >= 4 is 27.6 Å². The molecule has 0 aliphatic heterocycles. The molecule has 0 heterocycles. The van der Waals surface area contributed by atoms with E-state index in [1.165, 1.54) is 0 Å². The first-order valence-electron chi connectivity index (χ1n) is 5.79. The Balaban J connectivity index is 2.22. The highest BCUT2D eigenvalue weighted by Gasteiger charge is 2.44. The van der Waals surface area contributed by atoms with E-state index in [2.05, 4.69) is 28.2 Å². The van der Waals surface area contributed by atoms with Crippen molar-refractivity contribution in [1.29, 1.82) is 0 Å². The van der Waals surface area contributed by atoms with E-state index < -0.39 is 11.5 Å². The summed E-state index contributed by atoms with van der Waals surface area (Å²) >= 11 is 3.39. The summed E-state index contributed by atoms with van der Waals surface area (Å²) < 4.78 is 0.953. The zero-order valence-electron chi connectivity index (χ0n) is 9.74. The fraction of sp³-hybridized carbons (Fsp3) is 0.462. The van der Waals surface area contributed by atoms with Gasteiger partial charge < -0.3 is 10.4 Å². The van der Waals surface area contributed by atoms with Crippen molar-refractivity contribution in [3.63, 3.8) is 0 Å². The normalized spacial score (nSPS) is 28.0. The molecule has 1 aromatic rings. The van der Waals surface area contributed by atoms with E-state index in [9.17, 15) is 9.90 Å². The third-order valence-corrected chi connectivity index (χ3v) is 3.87. The predicted molar refractivity (Wildman–Crippen MR) is 71.1 cm³/mol. The third kappa shape index (κ3) is 2.63. The molecule has 4 heteroatoms. The molecule has 1 aliphatic carbocycles. The van der Waals surface area contributed by atoms with Crippen molar-refractivity contribution in [2.75, 3.05) is 5.32 Å². The largest absolute Gasteiger partial charge is 0.480 e. The van der Waals surface area contributed by atoms with Crippen LogP contribution in [-0.2, 0) is 4.79 Å². The molecule has 2 unspecified atom stereocenters. The lowest BCUT2D eigenvalue weighted by Gasteiger charge is -2.27. The number of rotatable bonds is 3. The molecule has 1 fully saturated rings. The summed E-state index contributed by atoms with van der Waals surface area (Å²) in [6.45, 7) is 2.10. The Labute approximate surface area is 109 Å². The molecule has 0 bridgehead atoms. The fourth-order valence-electron chi connectivity index (χ4n) is 2.50. The van der Waals surface area contributed by atoms with Crippen LogP contribution < -0.4 is 5.32 Å². The number of anilines is 1. The average Bonchev–Trinajstić information content (AvgIpc) is 2.61. The lowest BCUT2D eigenvalue weighted by molar-refractivity contribution is -0.142. The van der Waals surface area contributed by atoms with E-state index in [-0.39, 0.29) is 0 Å². The Kier molecular flexibility index (Phi) is 3.43. The lowest BCUT2D eigenvalue weighted by Crippen LogP contribution is -2.44. The molecule has 2 rings (SSSR count). The average molecular weight is 298 g/mol. The van der Waals surface area contributed by atoms with Crippen molar-refractivity contribution in [2.24, 2.45) is 5.92 Å². The Hall–Kier alpha value is -1.03. The topological polar surface area (TPSA) is 49.3 Å². The predicted octanol–water partition coefficient (Wildman–Crippen LogP) is 3.50. The van der Waals surface area contributed by atoms with E-state index in [0.717, 1.165) is 16.6 Å². The monoisotopic (exact) mass is 297 g/mol. The second-order valence-electron chi connectivity index (χ2n) is 4.87. The summed E-state index contributed by atoms with van der Waals surface area (Å²) in [5.41, 5.74) is 0.0658. The van der Waals surface area contributed by atoms with E-state index >= 15 is 0 Å². The standard InChI is InChI=1S/C13H16BrNO2/c1-9-5-6-13(8-9,12(16)17)15-11-4-2-3-10(14)7-11/h2-4,7,9,15H,5-6,8H2,1H3,(H,16,17). The summed E-state index contributed by atoms with van der Waals surface area (Å²) in [7, 11) is 0. The number of carboxylic acids is 1. The first-order valence-corrected chi connectivity index (χ1v) is 6.58. The van der Waals surface area contributed by atoms with E-state index in [1.54, 1.807) is 0 Å². The van der Waals surface area contributed by atoms with Gasteiger partial charge >= 0.3 is 5.97 Å². The Morgan fingerprint density at radius 1 is 1.59 bits per heavy atom.